The quantitative estimate of drug-likeness (QED) is 0.664. The van der Waals surface area contributed by atoms with Crippen LogP contribution in [0, 0.1) is 0 Å². The van der Waals surface area contributed by atoms with Crippen LogP contribution in [0.25, 0.3) is 0 Å². The van der Waals surface area contributed by atoms with Crippen LogP contribution in [-0.4, -0.2) is 21.1 Å². The topological polar surface area (TPSA) is 0 Å². The van der Waals surface area contributed by atoms with Crippen LogP contribution < -0.4 is 0 Å². The van der Waals surface area contributed by atoms with Crippen molar-refractivity contribution in [2.75, 3.05) is 0 Å². The summed E-state index contributed by atoms with van der Waals surface area (Å²) in [5, 5.41) is 0. The fourth-order valence-electron chi connectivity index (χ4n) is 0.369. The molecule has 0 heterocycles. The summed E-state index contributed by atoms with van der Waals surface area (Å²) in [5.74, 6) is 0. The molecule has 0 nitrogen and oxygen atoms in total. The maximum absolute atomic E-state index is 12.1. The molecule has 0 fully saturated rings. The van der Waals surface area contributed by atoms with Gasteiger partial charge in [0.05, 0.1) is 0 Å². The van der Waals surface area contributed by atoms with Crippen molar-refractivity contribution in [3.8, 4) is 0 Å². The van der Waals surface area contributed by atoms with Crippen molar-refractivity contribution in [3.63, 3.8) is 0 Å². The summed E-state index contributed by atoms with van der Waals surface area (Å²) >= 11 is -1.18. The van der Waals surface area contributed by atoms with E-state index >= 15 is 0 Å². The molecule has 0 amide bonds. The molecule has 52 valence electrons. The zero-order valence-corrected chi connectivity index (χ0v) is 8.47. The first-order valence-corrected chi connectivity index (χ1v) is 6.00. The first kappa shape index (κ1) is 9.40. The number of rotatable bonds is 3. The molecule has 1 atom stereocenters. The zero-order chi connectivity index (χ0) is 7.28. The third-order valence-corrected chi connectivity index (χ3v) is 4.76. The molecule has 0 aromatic heterocycles. The van der Waals surface area contributed by atoms with Crippen LogP contribution in [0.4, 0.5) is 8.78 Å². The van der Waals surface area contributed by atoms with Crippen LogP contribution in [0.1, 0.15) is 20.3 Å². The minimum atomic E-state index is -1.18. The van der Waals surface area contributed by atoms with Crippen molar-refractivity contribution in [1.29, 1.82) is 0 Å². The molecule has 9 heavy (non-hydrogen) atoms. The van der Waals surface area contributed by atoms with E-state index in [1.807, 2.05) is 13.8 Å². The van der Waals surface area contributed by atoms with Crippen LogP contribution in [0.2, 0.25) is 3.93 Å². The fourth-order valence-corrected chi connectivity index (χ4v) is 2.47. The standard InChI is InChI=1S/C4H9.C2HF2.Sn/c1-3-4-2;3-1-2-4;/h3H,4H2,1-2H3;1H;. The van der Waals surface area contributed by atoms with Gasteiger partial charge in [0.25, 0.3) is 0 Å². The molecule has 0 aromatic rings. The predicted octanol–water partition coefficient (Wildman–Crippen LogP) is 2.65. The third-order valence-electron chi connectivity index (χ3n) is 1.09. The molecule has 3 heteroatoms. The Hall–Kier alpha value is 0.399. The van der Waals surface area contributed by atoms with E-state index in [1.165, 1.54) is 0 Å². The SMILES string of the molecule is CC[CH](C)[Sn]/[C](F)=C\F. The van der Waals surface area contributed by atoms with E-state index in [0.29, 0.717) is 3.93 Å². The molecule has 0 aromatic carbocycles. The predicted molar refractivity (Wildman–Crippen MR) is 35.8 cm³/mol. The van der Waals surface area contributed by atoms with Crippen LogP contribution in [0.15, 0.2) is 10.2 Å². The Labute approximate surface area is 64.6 Å². The Morgan fingerprint density at radius 2 is 2.33 bits per heavy atom. The first-order chi connectivity index (χ1) is 4.20. The Morgan fingerprint density at radius 1 is 1.78 bits per heavy atom. The summed E-state index contributed by atoms with van der Waals surface area (Å²) in [6, 6.07) is 0. The van der Waals surface area contributed by atoms with E-state index in [2.05, 4.69) is 0 Å². The van der Waals surface area contributed by atoms with Crippen molar-refractivity contribution in [2.24, 2.45) is 0 Å². The van der Waals surface area contributed by atoms with E-state index in [9.17, 15) is 8.78 Å². The number of hydrogen-bond donors (Lipinski definition) is 0. The summed E-state index contributed by atoms with van der Waals surface area (Å²) in [4.78, 5) is 0. The van der Waals surface area contributed by atoms with E-state index in [0.717, 1.165) is 6.42 Å². The summed E-state index contributed by atoms with van der Waals surface area (Å²) in [7, 11) is 0. The second-order valence-electron chi connectivity index (χ2n) is 1.91. The monoisotopic (exact) mass is 240 g/mol. The van der Waals surface area contributed by atoms with Crippen LogP contribution >= 0.6 is 0 Å². The Balaban J connectivity index is 3.47. The van der Waals surface area contributed by atoms with Crippen molar-refractivity contribution >= 4 is 21.1 Å². The summed E-state index contributed by atoms with van der Waals surface area (Å²) < 4.78 is 23.5. The molecular formula is C6H10F2Sn. The van der Waals surface area contributed by atoms with Gasteiger partial charge in [0.2, 0.25) is 0 Å². The van der Waals surface area contributed by atoms with Gasteiger partial charge in [0.15, 0.2) is 0 Å². The van der Waals surface area contributed by atoms with Gasteiger partial charge in [0.1, 0.15) is 0 Å². The summed E-state index contributed by atoms with van der Waals surface area (Å²) in [5.41, 5.74) is 0. The van der Waals surface area contributed by atoms with E-state index in [1.54, 1.807) is 0 Å². The molecule has 0 spiro atoms. The van der Waals surface area contributed by atoms with Gasteiger partial charge in [-0.2, -0.15) is 0 Å². The van der Waals surface area contributed by atoms with Crippen molar-refractivity contribution in [3.05, 3.63) is 10.2 Å². The first-order valence-electron chi connectivity index (χ1n) is 2.93. The van der Waals surface area contributed by atoms with Gasteiger partial charge in [-0.05, 0) is 0 Å². The van der Waals surface area contributed by atoms with E-state index in [4.69, 9.17) is 0 Å². The molecule has 0 saturated heterocycles. The summed E-state index contributed by atoms with van der Waals surface area (Å²) in [6.45, 7) is 3.96. The van der Waals surface area contributed by atoms with Crippen molar-refractivity contribution in [1.82, 2.24) is 0 Å². The van der Waals surface area contributed by atoms with Crippen LogP contribution in [0.5, 0.6) is 0 Å². The molecule has 0 N–H and O–H groups in total. The molecule has 1 unspecified atom stereocenters. The molecule has 0 aliphatic carbocycles. The fraction of sp³-hybridized carbons (Fsp3) is 0.667. The molecule has 0 aliphatic heterocycles. The normalized spacial score (nSPS) is 15.8. The average molecular weight is 239 g/mol. The van der Waals surface area contributed by atoms with Gasteiger partial charge in [-0.1, -0.05) is 0 Å². The van der Waals surface area contributed by atoms with Crippen molar-refractivity contribution < 1.29 is 8.78 Å². The Bertz CT molecular complexity index is 101. The van der Waals surface area contributed by atoms with Gasteiger partial charge in [0, 0.05) is 0 Å². The zero-order valence-electron chi connectivity index (χ0n) is 5.62. The third kappa shape index (κ3) is 4.87. The second kappa shape index (κ2) is 5.20. The van der Waals surface area contributed by atoms with Gasteiger partial charge in [-0.15, -0.1) is 0 Å². The molecule has 0 rings (SSSR count). The Morgan fingerprint density at radius 3 is 2.67 bits per heavy atom. The summed E-state index contributed by atoms with van der Waals surface area (Å²) in [6.07, 6.45) is 1.08. The Kier molecular flexibility index (Phi) is 5.44. The maximum atomic E-state index is 12.1. The second-order valence-corrected chi connectivity index (χ2v) is 6.91. The van der Waals surface area contributed by atoms with E-state index < -0.39 is 25.0 Å². The molecule has 0 saturated carbocycles. The minimum absolute atomic E-state index is 0.109. The van der Waals surface area contributed by atoms with Crippen LogP contribution in [0.3, 0.4) is 0 Å². The molecule has 2 radical (unpaired) electrons. The average Bonchev–Trinajstić information content (AvgIpc) is 1.87. The van der Waals surface area contributed by atoms with Crippen LogP contribution in [-0.2, 0) is 0 Å². The molecular weight excluding hydrogens is 229 g/mol. The molecule has 0 bridgehead atoms. The molecule has 0 aliphatic rings. The van der Waals surface area contributed by atoms with Gasteiger partial charge in [-0.25, -0.2) is 0 Å². The van der Waals surface area contributed by atoms with Gasteiger partial charge < -0.3 is 0 Å². The van der Waals surface area contributed by atoms with Crippen molar-refractivity contribution in [2.45, 2.75) is 24.2 Å². The van der Waals surface area contributed by atoms with Gasteiger partial charge in [-0.3, -0.25) is 0 Å². The van der Waals surface area contributed by atoms with Gasteiger partial charge >= 0.3 is 64.3 Å². The van der Waals surface area contributed by atoms with E-state index in [-0.39, 0.29) is 6.33 Å². The number of hydrogen-bond acceptors (Lipinski definition) is 0. The number of halogens is 2.